The van der Waals surface area contributed by atoms with Crippen LogP contribution in [0.15, 0.2) is 71.4 Å². The molecular formula is C20H16ClNO3. The molecule has 1 aliphatic heterocycles. The number of methoxy groups -OCH3 is 1. The van der Waals surface area contributed by atoms with E-state index in [-0.39, 0.29) is 17.1 Å². The van der Waals surface area contributed by atoms with Crippen molar-refractivity contribution in [3.63, 3.8) is 0 Å². The first-order chi connectivity index (χ1) is 12.0. The second kappa shape index (κ2) is 6.95. The van der Waals surface area contributed by atoms with Crippen LogP contribution in [0.5, 0.6) is 0 Å². The molecule has 0 fully saturated rings. The highest BCUT2D eigenvalue weighted by molar-refractivity contribution is 6.35. The van der Waals surface area contributed by atoms with E-state index in [1.54, 1.807) is 37.3 Å². The first kappa shape index (κ1) is 17.0. The Bertz CT molecular complexity index is 900. The van der Waals surface area contributed by atoms with Crippen LogP contribution >= 0.6 is 11.6 Å². The molecule has 0 aliphatic carbocycles. The fourth-order valence-corrected chi connectivity index (χ4v) is 3.04. The molecule has 0 saturated carbocycles. The fourth-order valence-electron chi connectivity index (χ4n) is 2.82. The Morgan fingerprint density at radius 1 is 1.08 bits per heavy atom. The number of allylic oxidation sites excluding steroid dienone is 1. The summed E-state index contributed by atoms with van der Waals surface area (Å²) < 4.78 is 4.89. The fraction of sp³-hybridized carbons (Fsp3) is 0.100. The van der Waals surface area contributed by atoms with Crippen LogP contribution < -0.4 is 4.90 Å². The number of amides is 1. The number of esters is 1. The van der Waals surface area contributed by atoms with E-state index in [2.05, 4.69) is 0 Å². The monoisotopic (exact) mass is 353 g/mol. The van der Waals surface area contributed by atoms with Crippen molar-refractivity contribution in [2.24, 2.45) is 0 Å². The Morgan fingerprint density at radius 3 is 2.36 bits per heavy atom. The highest BCUT2D eigenvalue weighted by Gasteiger charge is 2.38. The third-order valence-corrected chi connectivity index (χ3v) is 4.31. The first-order valence-corrected chi connectivity index (χ1v) is 8.07. The molecular weight excluding hydrogens is 338 g/mol. The number of halogens is 1. The zero-order valence-corrected chi connectivity index (χ0v) is 14.6. The number of ether oxygens (including phenoxy) is 1. The Balaban J connectivity index is 2.17. The van der Waals surface area contributed by atoms with Crippen LogP contribution in [0.25, 0.3) is 6.08 Å². The summed E-state index contributed by atoms with van der Waals surface area (Å²) in [4.78, 5) is 26.8. The molecule has 0 unspecified atom stereocenters. The number of carbonyl (C=O) groups excluding carboxylic acids is 2. The highest BCUT2D eigenvalue weighted by Crippen LogP contribution is 2.38. The highest BCUT2D eigenvalue weighted by atomic mass is 35.5. The van der Waals surface area contributed by atoms with Gasteiger partial charge in [0.15, 0.2) is 0 Å². The van der Waals surface area contributed by atoms with Crippen molar-refractivity contribution in [2.75, 3.05) is 12.0 Å². The Hall–Kier alpha value is -2.85. The maximum atomic E-state index is 13.1. The maximum absolute atomic E-state index is 13.1. The van der Waals surface area contributed by atoms with Gasteiger partial charge in [0.1, 0.15) is 0 Å². The minimum absolute atomic E-state index is 0.247. The number of hydrogen-bond acceptors (Lipinski definition) is 3. The molecule has 25 heavy (non-hydrogen) atoms. The molecule has 3 rings (SSSR count). The minimum atomic E-state index is -0.553. The zero-order valence-electron chi connectivity index (χ0n) is 13.8. The minimum Gasteiger partial charge on any atom is -0.465 e. The smallest absolute Gasteiger partial charge is 0.340 e. The summed E-state index contributed by atoms with van der Waals surface area (Å²) in [5.74, 6) is -0.863. The number of hydrogen-bond donors (Lipinski definition) is 0. The summed E-state index contributed by atoms with van der Waals surface area (Å²) in [6, 6.07) is 16.4. The molecule has 2 aromatic carbocycles. The van der Waals surface area contributed by atoms with Crippen LogP contribution in [-0.4, -0.2) is 19.0 Å². The SMILES string of the molecule is COC(=O)C1=C(C)N(c2ccccc2Cl)C(=O)/C1=C\c1ccccc1. The van der Waals surface area contributed by atoms with E-state index in [0.717, 1.165) is 5.56 Å². The Labute approximate surface area is 151 Å². The third kappa shape index (κ3) is 3.08. The second-order valence-corrected chi connectivity index (χ2v) is 5.92. The zero-order chi connectivity index (χ0) is 18.0. The van der Waals surface area contributed by atoms with Gasteiger partial charge in [-0.3, -0.25) is 9.69 Å². The molecule has 0 spiro atoms. The van der Waals surface area contributed by atoms with Gasteiger partial charge in [-0.15, -0.1) is 0 Å². The normalized spacial score (nSPS) is 15.9. The van der Waals surface area contributed by atoms with Crippen molar-refractivity contribution in [3.8, 4) is 0 Å². The van der Waals surface area contributed by atoms with E-state index >= 15 is 0 Å². The molecule has 0 radical (unpaired) electrons. The number of carbonyl (C=O) groups is 2. The lowest BCUT2D eigenvalue weighted by atomic mass is 10.0. The van der Waals surface area contributed by atoms with E-state index in [9.17, 15) is 9.59 Å². The van der Waals surface area contributed by atoms with Gasteiger partial charge < -0.3 is 4.74 Å². The average molecular weight is 354 g/mol. The predicted octanol–water partition coefficient (Wildman–Crippen LogP) is 4.22. The van der Waals surface area contributed by atoms with Crippen molar-refractivity contribution >= 4 is 35.2 Å². The molecule has 126 valence electrons. The van der Waals surface area contributed by atoms with Gasteiger partial charge in [-0.2, -0.15) is 0 Å². The van der Waals surface area contributed by atoms with Gasteiger partial charge in [-0.25, -0.2) is 4.79 Å². The molecule has 2 aromatic rings. The molecule has 1 heterocycles. The molecule has 0 saturated heterocycles. The maximum Gasteiger partial charge on any atom is 0.340 e. The summed E-state index contributed by atoms with van der Waals surface area (Å²) in [7, 11) is 1.30. The lowest BCUT2D eigenvalue weighted by Crippen LogP contribution is -2.24. The summed E-state index contributed by atoms with van der Waals surface area (Å²) in [6.07, 6.45) is 1.69. The Kier molecular flexibility index (Phi) is 4.72. The van der Waals surface area contributed by atoms with Gasteiger partial charge in [-0.05, 0) is 30.7 Å². The summed E-state index contributed by atoms with van der Waals surface area (Å²) in [6.45, 7) is 1.71. The molecule has 5 heteroatoms. The second-order valence-electron chi connectivity index (χ2n) is 5.51. The standard InChI is InChI=1S/C20H16ClNO3/c1-13-18(20(24)25-2)15(12-14-8-4-3-5-9-14)19(23)22(13)17-11-7-6-10-16(17)21/h3-12H,1-2H3/b15-12-. The molecule has 0 atom stereocenters. The van der Waals surface area contributed by atoms with E-state index in [1.165, 1.54) is 12.0 Å². The first-order valence-electron chi connectivity index (χ1n) is 7.70. The van der Waals surface area contributed by atoms with Crippen LogP contribution in [0, 0.1) is 0 Å². The van der Waals surface area contributed by atoms with Crippen LogP contribution in [0.1, 0.15) is 12.5 Å². The van der Waals surface area contributed by atoms with Gasteiger partial charge >= 0.3 is 5.97 Å². The van der Waals surface area contributed by atoms with E-state index in [4.69, 9.17) is 16.3 Å². The summed E-state index contributed by atoms with van der Waals surface area (Å²) in [5.41, 5.74) is 2.38. The topological polar surface area (TPSA) is 46.6 Å². The van der Waals surface area contributed by atoms with Crippen molar-refractivity contribution in [1.82, 2.24) is 0 Å². The Morgan fingerprint density at radius 2 is 1.72 bits per heavy atom. The number of anilines is 1. The number of benzene rings is 2. The van der Waals surface area contributed by atoms with Crippen molar-refractivity contribution < 1.29 is 14.3 Å². The van der Waals surface area contributed by atoms with Gasteiger partial charge in [0, 0.05) is 5.70 Å². The lowest BCUT2D eigenvalue weighted by molar-refractivity contribution is -0.136. The predicted molar refractivity (Wildman–Crippen MR) is 98.1 cm³/mol. The molecule has 0 N–H and O–H groups in total. The average Bonchev–Trinajstić information content (AvgIpc) is 2.86. The number of rotatable bonds is 3. The third-order valence-electron chi connectivity index (χ3n) is 3.99. The van der Waals surface area contributed by atoms with Gasteiger partial charge in [0.05, 0.1) is 29.0 Å². The van der Waals surface area contributed by atoms with Crippen LogP contribution in [0.3, 0.4) is 0 Å². The van der Waals surface area contributed by atoms with E-state index in [0.29, 0.717) is 16.4 Å². The number of nitrogens with zero attached hydrogens (tertiary/aromatic N) is 1. The molecule has 0 bridgehead atoms. The molecule has 1 amide bonds. The van der Waals surface area contributed by atoms with Crippen molar-refractivity contribution in [1.29, 1.82) is 0 Å². The number of para-hydroxylation sites is 1. The van der Waals surface area contributed by atoms with E-state index in [1.807, 2.05) is 30.3 Å². The summed E-state index contributed by atoms with van der Waals surface area (Å²) in [5, 5.41) is 0.431. The van der Waals surface area contributed by atoms with E-state index < -0.39 is 5.97 Å². The quantitative estimate of drug-likeness (QED) is 0.613. The largest absolute Gasteiger partial charge is 0.465 e. The van der Waals surface area contributed by atoms with Gasteiger partial charge in [-0.1, -0.05) is 54.1 Å². The van der Waals surface area contributed by atoms with Crippen LogP contribution in [0.2, 0.25) is 5.02 Å². The molecule has 1 aliphatic rings. The van der Waals surface area contributed by atoms with Crippen LogP contribution in [-0.2, 0) is 14.3 Å². The van der Waals surface area contributed by atoms with Gasteiger partial charge in [0.2, 0.25) is 0 Å². The summed E-state index contributed by atoms with van der Waals surface area (Å²) >= 11 is 6.25. The molecule has 0 aromatic heterocycles. The molecule has 4 nitrogen and oxygen atoms in total. The lowest BCUT2D eigenvalue weighted by Gasteiger charge is -2.19. The van der Waals surface area contributed by atoms with Gasteiger partial charge in [0.25, 0.3) is 5.91 Å². The van der Waals surface area contributed by atoms with Crippen molar-refractivity contribution in [2.45, 2.75) is 6.92 Å². The van der Waals surface area contributed by atoms with Crippen molar-refractivity contribution in [3.05, 3.63) is 82.0 Å². The van der Waals surface area contributed by atoms with Crippen LogP contribution in [0.4, 0.5) is 5.69 Å².